The zero-order valence-corrected chi connectivity index (χ0v) is 16.2. The molecule has 6 nitrogen and oxygen atoms in total. The van der Waals surface area contributed by atoms with Gasteiger partial charge in [-0.25, -0.2) is 8.42 Å². The van der Waals surface area contributed by atoms with E-state index in [4.69, 9.17) is 5.73 Å². The summed E-state index contributed by atoms with van der Waals surface area (Å²) in [4.78, 5) is 16.5. The minimum Gasteiger partial charge on any atom is -0.341 e. The molecule has 1 aromatic rings. The molecule has 0 unspecified atom stereocenters. The van der Waals surface area contributed by atoms with E-state index >= 15 is 0 Å². The Morgan fingerprint density at radius 2 is 1.92 bits per heavy atom. The fraction of sp³-hybridized carbons (Fsp3) is 0.611. The van der Waals surface area contributed by atoms with Crippen LogP contribution in [0.15, 0.2) is 24.3 Å². The van der Waals surface area contributed by atoms with E-state index in [0.717, 1.165) is 5.56 Å². The molecule has 1 aliphatic rings. The zero-order chi connectivity index (χ0) is 18.7. The summed E-state index contributed by atoms with van der Waals surface area (Å²) in [5.74, 6) is 0.398. The minimum atomic E-state index is -2.87. The molecular weight excluding hydrogens is 338 g/mol. The van der Waals surface area contributed by atoms with Crippen molar-refractivity contribution in [3.05, 3.63) is 35.4 Å². The lowest BCUT2D eigenvalue weighted by molar-refractivity contribution is 0.0740. The first-order valence-corrected chi connectivity index (χ1v) is 10.4. The minimum absolute atomic E-state index is 0.0235. The van der Waals surface area contributed by atoms with Crippen LogP contribution in [0.3, 0.4) is 0 Å². The van der Waals surface area contributed by atoms with Gasteiger partial charge >= 0.3 is 0 Å². The highest BCUT2D eigenvalue weighted by Gasteiger charge is 2.23. The van der Waals surface area contributed by atoms with Gasteiger partial charge in [-0.05, 0) is 29.7 Å². The van der Waals surface area contributed by atoms with Crippen molar-refractivity contribution in [3.8, 4) is 0 Å². The van der Waals surface area contributed by atoms with E-state index < -0.39 is 9.84 Å². The second-order valence-electron chi connectivity index (χ2n) is 7.66. The van der Waals surface area contributed by atoms with Gasteiger partial charge in [-0.3, -0.25) is 9.69 Å². The number of carbonyl (C=O) groups excluding carboxylic acids is 1. The Hall–Kier alpha value is -1.44. The maximum absolute atomic E-state index is 12.7. The van der Waals surface area contributed by atoms with Crippen molar-refractivity contribution in [2.45, 2.75) is 20.4 Å². The Balaban J connectivity index is 2.02. The topological polar surface area (TPSA) is 83.7 Å². The van der Waals surface area contributed by atoms with Gasteiger partial charge in [0, 0.05) is 38.8 Å². The Morgan fingerprint density at radius 1 is 1.28 bits per heavy atom. The Kier molecular flexibility index (Phi) is 6.24. The van der Waals surface area contributed by atoms with Crippen LogP contribution in [0, 0.1) is 5.41 Å². The molecule has 0 bridgehead atoms. The average molecular weight is 368 g/mol. The number of rotatable bonds is 6. The normalized spacial score (nSPS) is 18.1. The summed E-state index contributed by atoms with van der Waals surface area (Å²) in [5.41, 5.74) is 7.31. The largest absolute Gasteiger partial charge is 0.341 e. The third kappa shape index (κ3) is 5.80. The number of sulfone groups is 1. The molecule has 1 aliphatic heterocycles. The van der Waals surface area contributed by atoms with Crippen LogP contribution in [0.4, 0.5) is 0 Å². The van der Waals surface area contributed by atoms with Gasteiger partial charge in [-0.1, -0.05) is 26.0 Å². The summed E-state index contributed by atoms with van der Waals surface area (Å²) in [6, 6.07) is 7.57. The molecule has 2 N–H and O–H groups in total. The van der Waals surface area contributed by atoms with Crippen LogP contribution in [0.5, 0.6) is 0 Å². The molecule has 0 atom stereocenters. The maximum atomic E-state index is 12.7. The summed E-state index contributed by atoms with van der Waals surface area (Å²) < 4.78 is 23.0. The van der Waals surface area contributed by atoms with E-state index in [-0.39, 0.29) is 22.8 Å². The van der Waals surface area contributed by atoms with Crippen LogP contribution in [-0.4, -0.2) is 68.9 Å². The third-order valence-electron chi connectivity index (χ3n) is 4.58. The van der Waals surface area contributed by atoms with E-state index in [1.165, 1.54) is 0 Å². The number of nitrogens with two attached hydrogens (primary N) is 1. The van der Waals surface area contributed by atoms with Gasteiger partial charge in [-0.15, -0.1) is 0 Å². The maximum Gasteiger partial charge on any atom is 0.253 e. The first kappa shape index (κ1) is 19.9. The number of hydrogen-bond acceptors (Lipinski definition) is 5. The molecule has 1 fully saturated rings. The monoisotopic (exact) mass is 367 g/mol. The predicted octanol–water partition coefficient (Wildman–Crippen LogP) is 0.974. The highest BCUT2D eigenvalue weighted by atomic mass is 32.2. The SMILES string of the molecule is CN(CC(C)(C)CN)C(=O)c1cccc(CN2CCS(=O)(=O)CC2)c1. The first-order valence-electron chi connectivity index (χ1n) is 8.59. The molecule has 140 valence electrons. The van der Waals surface area contributed by atoms with Crippen LogP contribution in [0.1, 0.15) is 29.8 Å². The molecule has 1 aromatic carbocycles. The van der Waals surface area contributed by atoms with Gasteiger partial charge < -0.3 is 10.6 Å². The van der Waals surface area contributed by atoms with Gasteiger partial charge in [0.2, 0.25) is 0 Å². The number of amides is 1. The van der Waals surface area contributed by atoms with Gasteiger partial charge in [0.15, 0.2) is 9.84 Å². The van der Waals surface area contributed by atoms with Gasteiger partial charge in [-0.2, -0.15) is 0 Å². The first-order chi connectivity index (χ1) is 11.6. The fourth-order valence-electron chi connectivity index (χ4n) is 2.97. The Bertz CT molecular complexity index is 702. The smallest absolute Gasteiger partial charge is 0.253 e. The van der Waals surface area contributed by atoms with Crippen molar-refractivity contribution in [1.29, 1.82) is 0 Å². The molecule has 0 radical (unpaired) electrons. The standard InChI is InChI=1S/C18H29N3O3S/c1-18(2,13-19)14-20(3)17(22)16-6-4-5-15(11-16)12-21-7-9-25(23,24)10-8-21/h4-6,11H,7-10,12-14,19H2,1-3H3. The number of carbonyl (C=O) groups is 1. The Morgan fingerprint density at radius 3 is 2.52 bits per heavy atom. The lowest BCUT2D eigenvalue weighted by atomic mass is 9.93. The van der Waals surface area contributed by atoms with Crippen molar-refractivity contribution in [1.82, 2.24) is 9.80 Å². The quantitative estimate of drug-likeness (QED) is 0.810. The summed E-state index contributed by atoms with van der Waals surface area (Å²) in [5, 5.41) is 0. The molecule has 0 spiro atoms. The number of benzene rings is 1. The van der Waals surface area contributed by atoms with Crippen LogP contribution >= 0.6 is 0 Å². The summed E-state index contributed by atoms with van der Waals surface area (Å²) in [6.07, 6.45) is 0. The highest BCUT2D eigenvalue weighted by Crippen LogP contribution is 2.17. The zero-order valence-electron chi connectivity index (χ0n) is 15.4. The van der Waals surface area contributed by atoms with E-state index in [1.54, 1.807) is 11.9 Å². The van der Waals surface area contributed by atoms with Crippen LogP contribution in [0.2, 0.25) is 0 Å². The second kappa shape index (κ2) is 7.85. The van der Waals surface area contributed by atoms with Gasteiger partial charge in [0.05, 0.1) is 11.5 Å². The molecule has 0 saturated carbocycles. The van der Waals surface area contributed by atoms with E-state index in [9.17, 15) is 13.2 Å². The molecule has 0 aliphatic carbocycles. The van der Waals surface area contributed by atoms with Crippen molar-refractivity contribution in [2.24, 2.45) is 11.1 Å². The highest BCUT2D eigenvalue weighted by molar-refractivity contribution is 7.91. The van der Waals surface area contributed by atoms with Crippen LogP contribution in [0.25, 0.3) is 0 Å². The van der Waals surface area contributed by atoms with Crippen molar-refractivity contribution in [3.63, 3.8) is 0 Å². The molecule has 1 saturated heterocycles. The summed E-state index contributed by atoms with van der Waals surface area (Å²) in [6.45, 7) is 6.94. The van der Waals surface area contributed by atoms with Crippen LogP contribution in [-0.2, 0) is 16.4 Å². The van der Waals surface area contributed by atoms with E-state index in [2.05, 4.69) is 4.90 Å². The number of nitrogens with zero attached hydrogens (tertiary/aromatic N) is 2. The van der Waals surface area contributed by atoms with Gasteiger partial charge in [0.25, 0.3) is 5.91 Å². The van der Waals surface area contributed by atoms with Crippen molar-refractivity contribution < 1.29 is 13.2 Å². The Labute approximate surface area is 150 Å². The fourth-order valence-corrected chi connectivity index (χ4v) is 4.24. The van der Waals surface area contributed by atoms with E-state index in [0.29, 0.717) is 38.3 Å². The van der Waals surface area contributed by atoms with Crippen molar-refractivity contribution >= 4 is 15.7 Å². The van der Waals surface area contributed by atoms with Crippen LogP contribution < -0.4 is 5.73 Å². The van der Waals surface area contributed by atoms with Crippen molar-refractivity contribution in [2.75, 3.05) is 44.7 Å². The van der Waals surface area contributed by atoms with Gasteiger partial charge in [0.1, 0.15) is 0 Å². The summed E-state index contributed by atoms with van der Waals surface area (Å²) >= 11 is 0. The predicted molar refractivity (Wildman–Crippen MR) is 100 cm³/mol. The lowest BCUT2D eigenvalue weighted by Gasteiger charge is -2.29. The molecule has 7 heteroatoms. The third-order valence-corrected chi connectivity index (χ3v) is 6.19. The molecule has 1 heterocycles. The average Bonchev–Trinajstić information content (AvgIpc) is 2.56. The van der Waals surface area contributed by atoms with E-state index in [1.807, 2.05) is 38.1 Å². The molecular formula is C18H29N3O3S. The summed E-state index contributed by atoms with van der Waals surface area (Å²) in [7, 11) is -1.08. The second-order valence-corrected chi connectivity index (χ2v) is 9.96. The molecule has 2 rings (SSSR count). The molecule has 25 heavy (non-hydrogen) atoms. The lowest BCUT2D eigenvalue weighted by Crippen LogP contribution is -2.40. The molecule has 0 aromatic heterocycles. The number of hydrogen-bond donors (Lipinski definition) is 1. The molecule has 1 amide bonds.